The Morgan fingerprint density at radius 2 is 1.96 bits per heavy atom. The molecular formula is C17H22N4O3S2. The number of nitrogens with one attached hydrogen (secondary N) is 4. The van der Waals surface area contributed by atoms with E-state index in [-0.39, 0.29) is 23.5 Å². The van der Waals surface area contributed by atoms with Crippen LogP contribution in [0.5, 0.6) is 0 Å². The van der Waals surface area contributed by atoms with Gasteiger partial charge in [0.1, 0.15) is 0 Å². The molecule has 3 amide bonds. The van der Waals surface area contributed by atoms with E-state index in [2.05, 4.69) is 21.5 Å². The van der Waals surface area contributed by atoms with Crippen molar-refractivity contribution < 1.29 is 14.4 Å². The van der Waals surface area contributed by atoms with E-state index < -0.39 is 11.8 Å². The van der Waals surface area contributed by atoms with Crippen molar-refractivity contribution in [2.75, 3.05) is 6.54 Å². The largest absolute Gasteiger partial charge is 0.347 e. The second-order valence-electron chi connectivity index (χ2n) is 5.89. The molecule has 7 nitrogen and oxygen atoms in total. The third-order valence-electron chi connectivity index (χ3n) is 3.89. The van der Waals surface area contributed by atoms with Gasteiger partial charge in [-0.3, -0.25) is 30.6 Å². The van der Waals surface area contributed by atoms with Gasteiger partial charge in [0, 0.05) is 16.9 Å². The van der Waals surface area contributed by atoms with Crippen LogP contribution in [0.15, 0.2) is 23.6 Å². The lowest BCUT2D eigenvalue weighted by atomic mass is 9.89. The summed E-state index contributed by atoms with van der Waals surface area (Å²) in [4.78, 5) is 36.3. The predicted octanol–water partition coefficient (Wildman–Crippen LogP) is 1.48. The summed E-state index contributed by atoms with van der Waals surface area (Å²) in [6.07, 6.45) is 8.05. The van der Waals surface area contributed by atoms with Crippen LogP contribution in [0.25, 0.3) is 6.08 Å². The first-order chi connectivity index (χ1) is 12.5. The maximum atomic E-state index is 12.0. The van der Waals surface area contributed by atoms with E-state index in [9.17, 15) is 14.4 Å². The van der Waals surface area contributed by atoms with Crippen LogP contribution in [0, 0.1) is 5.92 Å². The summed E-state index contributed by atoms with van der Waals surface area (Å²) in [6.45, 7) is -0.142. The van der Waals surface area contributed by atoms with Crippen LogP contribution in [0.2, 0.25) is 0 Å². The van der Waals surface area contributed by atoms with Crippen LogP contribution in [0.1, 0.15) is 37.0 Å². The molecular weight excluding hydrogens is 372 g/mol. The molecule has 1 aliphatic rings. The summed E-state index contributed by atoms with van der Waals surface area (Å²) in [5, 5.41) is 6.91. The SMILES string of the molecule is O=C(/C=C/c1cccs1)NC(=S)NNC(=O)CNC(=O)C1CCCCC1. The number of thiophene rings is 1. The fraction of sp³-hybridized carbons (Fsp3) is 0.412. The summed E-state index contributed by atoms with van der Waals surface area (Å²) in [5.41, 5.74) is 4.76. The zero-order chi connectivity index (χ0) is 18.8. The molecule has 0 aliphatic heterocycles. The normalized spacial score (nSPS) is 14.6. The average molecular weight is 395 g/mol. The quantitative estimate of drug-likeness (QED) is 0.344. The van der Waals surface area contributed by atoms with Crippen molar-refractivity contribution in [1.82, 2.24) is 21.5 Å². The van der Waals surface area contributed by atoms with E-state index in [1.807, 2.05) is 17.5 Å². The van der Waals surface area contributed by atoms with Crippen molar-refractivity contribution in [2.45, 2.75) is 32.1 Å². The van der Waals surface area contributed by atoms with Gasteiger partial charge in [-0.05, 0) is 42.6 Å². The molecule has 0 radical (unpaired) electrons. The Labute approximate surface area is 161 Å². The van der Waals surface area contributed by atoms with Gasteiger partial charge in [-0.2, -0.15) is 0 Å². The van der Waals surface area contributed by atoms with E-state index in [0.29, 0.717) is 0 Å². The molecule has 1 fully saturated rings. The number of rotatable bonds is 5. The van der Waals surface area contributed by atoms with Gasteiger partial charge in [-0.25, -0.2) is 0 Å². The van der Waals surface area contributed by atoms with E-state index >= 15 is 0 Å². The zero-order valence-corrected chi connectivity index (χ0v) is 15.9. The molecule has 0 spiro atoms. The van der Waals surface area contributed by atoms with Crippen LogP contribution in [-0.4, -0.2) is 29.4 Å². The lowest BCUT2D eigenvalue weighted by Crippen LogP contribution is -2.51. The lowest BCUT2D eigenvalue weighted by Gasteiger charge is -2.20. The van der Waals surface area contributed by atoms with Crippen molar-refractivity contribution in [1.29, 1.82) is 0 Å². The molecule has 26 heavy (non-hydrogen) atoms. The second-order valence-corrected chi connectivity index (χ2v) is 7.28. The zero-order valence-electron chi connectivity index (χ0n) is 14.2. The minimum Gasteiger partial charge on any atom is -0.347 e. The minimum absolute atomic E-state index is 0.00000590. The first kappa shape index (κ1) is 20.1. The number of amides is 3. The van der Waals surface area contributed by atoms with Crippen molar-refractivity contribution in [3.05, 3.63) is 28.5 Å². The van der Waals surface area contributed by atoms with Crippen LogP contribution in [0.4, 0.5) is 0 Å². The Balaban J connectivity index is 1.61. The first-order valence-electron chi connectivity index (χ1n) is 8.43. The maximum Gasteiger partial charge on any atom is 0.257 e. The van der Waals surface area contributed by atoms with Crippen LogP contribution in [-0.2, 0) is 14.4 Å². The molecule has 1 aliphatic carbocycles. The van der Waals surface area contributed by atoms with E-state index in [1.165, 1.54) is 23.8 Å². The van der Waals surface area contributed by atoms with E-state index in [1.54, 1.807) is 6.08 Å². The van der Waals surface area contributed by atoms with Gasteiger partial charge in [0.25, 0.3) is 5.91 Å². The number of thiocarbonyl (C=S) groups is 1. The van der Waals surface area contributed by atoms with Gasteiger partial charge < -0.3 is 5.32 Å². The number of hydrogen-bond donors (Lipinski definition) is 4. The standard InChI is InChI=1S/C17H22N4O3S2/c22-14(9-8-13-7-4-10-26-13)19-17(25)21-20-15(23)11-18-16(24)12-5-2-1-3-6-12/h4,7-10,12H,1-3,5-6,11H2,(H,18,24)(H,20,23)(H2,19,21,22,25)/b9-8+. The Kier molecular flexibility index (Phi) is 8.23. The summed E-state index contributed by atoms with van der Waals surface area (Å²) >= 11 is 6.43. The third-order valence-corrected chi connectivity index (χ3v) is 4.94. The molecule has 0 bridgehead atoms. The summed E-state index contributed by atoms with van der Waals surface area (Å²) in [6, 6.07) is 3.77. The Bertz CT molecular complexity index is 668. The Morgan fingerprint density at radius 3 is 2.65 bits per heavy atom. The molecule has 1 aromatic rings. The molecule has 4 N–H and O–H groups in total. The van der Waals surface area contributed by atoms with Crippen molar-refractivity contribution >= 4 is 52.5 Å². The van der Waals surface area contributed by atoms with Crippen molar-refractivity contribution in [2.24, 2.45) is 5.92 Å². The number of carbonyl (C=O) groups excluding carboxylic acids is 3. The number of hydrazine groups is 1. The van der Waals surface area contributed by atoms with Gasteiger partial charge in [-0.15, -0.1) is 11.3 Å². The summed E-state index contributed by atoms with van der Waals surface area (Å²) < 4.78 is 0. The molecule has 0 aromatic carbocycles. The Morgan fingerprint density at radius 1 is 1.19 bits per heavy atom. The fourth-order valence-electron chi connectivity index (χ4n) is 2.58. The summed E-state index contributed by atoms with van der Waals surface area (Å²) in [7, 11) is 0. The van der Waals surface area contributed by atoms with E-state index in [0.717, 1.165) is 30.6 Å². The molecule has 1 saturated carbocycles. The first-order valence-corrected chi connectivity index (χ1v) is 9.72. The molecule has 0 saturated heterocycles. The minimum atomic E-state index is -0.445. The average Bonchev–Trinajstić information content (AvgIpc) is 3.17. The van der Waals surface area contributed by atoms with Crippen LogP contribution in [0.3, 0.4) is 0 Å². The van der Waals surface area contributed by atoms with Gasteiger partial charge >= 0.3 is 0 Å². The highest BCUT2D eigenvalue weighted by Gasteiger charge is 2.21. The third kappa shape index (κ3) is 7.32. The number of hydrogen-bond acceptors (Lipinski definition) is 5. The molecule has 9 heteroatoms. The molecule has 1 aromatic heterocycles. The topological polar surface area (TPSA) is 99.3 Å². The lowest BCUT2D eigenvalue weighted by molar-refractivity contribution is -0.129. The number of carbonyl (C=O) groups is 3. The van der Waals surface area contributed by atoms with Crippen LogP contribution < -0.4 is 21.5 Å². The monoisotopic (exact) mass is 394 g/mol. The van der Waals surface area contributed by atoms with Crippen LogP contribution >= 0.6 is 23.6 Å². The molecule has 1 heterocycles. The smallest absolute Gasteiger partial charge is 0.257 e. The van der Waals surface area contributed by atoms with E-state index in [4.69, 9.17) is 12.2 Å². The van der Waals surface area contributed by atoms with Gasteiger partial charge in [0.2, 0.25) is 11.8 Å². The highest BCUT2D eigenvalue weighted by molar-refractivity contribution is 7.80. The van der Waals surface area contributed by atoms with Crippen molar-refractivity contribution in [3.63, 3.8) is 0 Å². The fourth-order valence-corrected chi connectivity index (χ4v) is 3.35. The highest BCUT2D eigenvalue weighted by Crippen LogP contribution is 2.23. The second kappa shape index (κ2) is 10.7. The maximum absolute atomic E-state index is 12.0. The van der Waals surface area contributed by atoms with Gasteiger partial charge in [-0.1, -0.05) is 25.3 Å². The van der Waals surface area contributed by atoms with Gasteiger partial charge in [0.15, 0.2) is 5.11 Å². The van der Waals surface area contributed by atoms with Crippen molar-refractivity contribution in [3.8, 4) is 0 Å². The van der Waals surface area contributed by atoms with Gasteiger partial charge in [0.05, 0.1) is 6.54 Å². The summed E-state index contributed by atoms with van der Waals surface area (Å²) in [5.74, 6) is -0.940. The Hall–Kier alpha value is -2.26. The molecule has 0 unspecified atom stereocenters. The molecule has 140 valence electrons. The molecule has 0 atom stereocenters. The highest BCUT2D eigenvalue weighted by atomic mass is 32.1. The predicted molar refractivity (Wildman–Crippen MR) is 105 cm³/mol. The molecule has 2 rings (SSSR count).